The first kappa shape index (κ1) is 10.7. The minimum absolute atomic E-state index is 0.111. The molecule has 0 aliphatic rings. The molecule has 3 rings (SSSR count). The van der Waals surface area contributed by atoms with Crippen molar-refractivity contribution in [2.24, 2.45) is 0 Å². The van der Waals surface area contributed by atoms with E-state index in [1.165, 1.54) is 0 Å². The third kappa shape index (κ3) is 1.60. The highest BCUT2D eigenvalue weighted by atomic mass is 16.1. The Morgan fingerprint density at radius 1 is 1.39 bits per heavy atom. The quantitative estimate of drug-likeness (QED) is 0.659. The predicted molar refractivity (Wildman–Crippen MR) is 66.9 cm³/mol. The standard InChI is InChI=1S/C13H12N4O/c1-2-13(18)11-7-15-17-8-10(3-4-12(11)17)16-6-5-14-9-16/h3-9H,2H2,1H3. The van der Waals surface area contributed by atoms with Gasteiger partial charge in [-0.1, -0.05) is 6.92 Å². The van der Waals surface area contributed by atoms with Gasteiger partial charge in [0, 0.05) is 18.8 Å². The van der Waals surface area contributed by atoms with E-state index in [0.29, 0.717) is 12.0 Å². The van der Waals surface area contributed by atoms with E-state index in [1.54, 1.807) is 23.2 Å². The number of pyridine rings is 1. The molecule has 0 saturated carbocycles. The summed E-state index contributed by atoms with van der Waals surface area (Å²) in [5.74, 6) is 0.111. The van der Waals surface area contributed by atoms with Crippen LogP contribution in [0.4, 0.5) is 0 Å². The van der Waals surface area contributed by atoms with Crippen LogP contribution in [-0.2, 0) is 0 Å². The fourth-order valence-corrected chi connectivity index (χ4v) is 1.94. The summed E-state index contributed by atoms with van der Waals surface area (Å²) in [7, 11) is 0. The average Bonchev–Trinajstić information content (AvgIpc) is 3.06. The zero-order valence-electron chi connectivity index (χ0n) is 9.95. The minimum Gasteiger partial charge on any atom is -0.305 e. The number of fused-ring (bicyclic) bond motifs is 1. The molecule has 0 atom stereocenters. The van der Waals surface area contributed by atoms with E-state index in [0.717, 1.165) is 11.2 Å². The SMILES string of the molecule is CCC(=O)c1cnn2cc(-n3ccnc3)ccc12. The maximum absolute atomic E-state index is 11.7. The lowest BCUT2D eigenvalue weighted by atomic mass is 10.1. The van der Waals surface area contributed by atoms with E-state index in [-0.39, 0.29) is 5.78 Å². The lowest BCUT2D eigenvalue weighted by molar-refractivity contribution is 0.0989. The average molecular weight is 240 g/mol. The zero-order chi connectivity index (χ0) is 12.5. The van der Waals surface area contributed by atoms with Gasteiger partial charge in [-0.15, -0.1) is 0 Å². The summed E-state index contributed by atoms with van der Waals surface area (Å²) in [4.78, 5) is 15.7. The van der Waals surface area contributed by atoms with Crippen molar-refractivity contribution in [2.45, 2.75) is 13.3 Å². The molecule has 0 amide bonds. The van der Waals surface area contributed by atoms with Crippen molar-refractivity contribution in [3.63, 3.8) is 0 Å². The normalized spacial score (nSPS) is 10.9. The Morgan fingerprint density at radius 2 is 2.28 bits per heavy atom. The Bertz CT molecular complexity index is 697. The second kappa shape index (κ2) is 4.10. The van der Waals surface area contributed by atoms with Crippen LogP contribution >= 0.6 is 0 Å². The van der Waals surface area contributed by atoms with Gasteiger partial charge in [-0.25, -0.2) is 9.50 Å². The van der Waals surface area contributed by atoms with Crippen molar-refractivity contribution in [1.82, 2.24) is 19.2 Å². The summed E-state index contributed by atoms with van der Waals surface area (Å²) in [6.07, 6.45) is 9.30. The Labute approximate surface area is 104 Å². The van der Waals surface area contributed by atoms with Gasteiger partial charge in [0.2, 0.25) is 0 Å². The molecular formula is C13H12N4O. The topological polar surface area (TPSA) is 52.2 Å². The molecule has 0 radical (unpaired) electrons. The van der Waals surface area contributed by atoms with Crippen molar-refractivity contribution in [3.05, 3.63) is 48.8 Å². The third-order valence-corrected chi connectivity index (χ3v) is 2.92. The van der Waals surface area contributed by atoms with Crippen LogP contribution in [0.3, 0.4) is 0 Å². The molecule has 90 valence electrons. The van der Waals surface area contributed by atoms with Crippen LogP contribution in [0.1, 0.15) is 23.7 Å². The molecule has 0 N–H and O–H groups in total. The number of rotatable bonds is 3. The number of hydrogen-bond acceptors (Lipinski definition) is 3. The summed E-state index contributed by atoms with van der Waals surface area (Å²) in [6, 6.07) is 3.86. The molecule has 0 aliphatic heterocycles. The van der Waals surface area contributed by atoms with Crippen LogP contribution in [0, 0.1) is 0 Å². The summed E-state index contributed by atoms with van der Waals surface area (Å²) in [6.45, 7) is 1.85. The Hall–Kier alpha value is -2.43. The van der Waals surface area contributed by atoms with E-state index in [4.69, 9.17) is 0 Å². The third-order valence-electron chi connectivity index (χ3n) is 2.92. The van der Waals surface area contributed by atoms with Crippen molar-refractivity contribution in [3.8, 4) is 5.69 Å². The highest BCUT2D eigenvalue weighted by molar-refractivity contribution is 6.01. The van der Waals surface area contributed by atoms with E-state index in [2.05, 4.69) is 10.1 Å². The lowest BCUT2D eigenvalue weighted by Crippen LogP contribution is -1.97. The second-order valence-corrected chi connectivity index (χ2v) is 4.02. The van der Waals surface area contributed by atoms with Gasteiger partial charge in [-0.05, 0) is 12.1 Å². The molecule has 0 saturated heterocycles. The second-order valence-electron chi connectivity index (χ2n) is 4.02. The summed E-state index contributed by atoms with van der Waals surface area (Å²) in [5, 5.41) is 4.22. The van der Waals surface area contributed by atoms with E-state index in [1.807, 2.05) is 36.0 Å². The maximum Gasteiger partial charge on any atom is 0.166 e. The van der Waals surface area contributed by atoms with Crippen LogP contribution < -0.4 is 0 Å². The van der Waals surface area contributed by atoms with Gasteiger partial charge in [-0.2, -0.15) is 5.10 Å². The van der Waals surface area contributed by atoms with Crippen LogP contribution in [-0.4, -0.2) is 24.9 Å². The number of ketones is 1. The predicted octanol–water partition coefficient (Wildman–Crippen LogP) is 2.11. The first-order chi connectivity index (χ1) is 8.79. The van der Waals surface area contributed by atoms with Gasteiger partial charge in [0.15, 0.2) is 5.78 Å². The highest BCUT2D eigenvalue weighted by Crippen LogP contribution is 2.15. The Balaban J connectivity index is 2.13. The first-order valence-corrected chi connectivity index (χ1v) is 5.78. The zero-order valence-corrected chi connectivity index (χ0v) is 9.95. The van der Waals surface area contributed by atoms with Gasteiger partial charge >= 0.3 is 0 Å². The number of aromatic nitrogens is 4. The van der Waals surface area contributed by atoms with Gasteiger partial charge in [0.1, 0.15) is 0 Å². The molecule has 0 bridgehead atoms. The molecule has 3 heterocycles. The maximum atomic E-state index is 11.7. The molecule has 3 aromatic heterocycles. The molecule has 0 aromatic carbocycles. The van der Waals surface area contributed by atoms with Crippen LogP contribution in [0.25, 0.3) is 11.2 Å². The van der Waals surface area contributed by atoms with Crippen LogP contribution in [0.15, 0.2) is 43.2 Å². The summed E-state index contributed by atoms with van der Waals surface area (Å²) < 4.78 is 3.61. The molecule has 0 fully saturated rings. The largest absolute Gasteiger partial charge is 0.305 e. The molecule has 5 heteroatoms. The van der Waals surface area contributed by atoms with Crippen LogP contribution in [0.2, 0.25) is 0 Å². The fraction of sp³-hybridized carbons (Fsp3) is 0.154. The number of hydrogen-bond donors (Lipinski definition) is 0. The van der Waals surface area contributed by atoms with Gasteiger partial charge in [-0.3, -0.25) is 4.79 Å². The van der Waals surface area contributed by atoms with E-state index in [9.17, 15) is 4.79 Å². The molecule has 0 unspecified atom stereocenters. The lowest BCUT2D eigenvalue weighted by Gasteiger charge is -2.03. The summed E-state index contributed by atoms with van der Waals surface area (Å²) >= 11 is 0. The number of imidazole rings is 1. The first-order valence-electron chi connectivity index (χ1n) is 5.78. The number of nitrogens with zero attached hydrogens (tertiary/aromatic N) is 4. The van der Waals surface area contributed by atoms with Crippen LogP contribution in [0.5, 0.6) is 0 Å². The number of carbonyl (C=O) groups is 1. The van der Waals surface area contributed by atoms with Crippen molar-refractivity contribution < 1.29 is 4.79 Å². The Morgan fingerprint density at radius 3 is 3.00 bits per heavy atom. The van der Waals surface area contributed by atoms with Crippen molar-refractivity contribution in [2.75, 3.05) is 0 Å². The molecule has 0 spiro atoms. The smallest absolute Gasteiger partial charge is 0.166 e. The molecule has 5 nitrogen and oxygen atoms in total. The van der Waals surface area contributed by atoms with E-state index >= 15 is 0 Å². The molecule has 18 heavy (non-hydrogen) atoms. The molecule has 3 aromatic rings. The van der Waals surface area contributed by atoms with Gasteiger partial charge in [0.25, 0.3) is 0 Å². The number of carbonyl (C=O) groups excluding carboxylic acids is 1. The Kier molecular flexibility index (Phi) is 2.44. The van der Waals surface area contributed by atoms with Crippen molar-refractivity contribution in [1.29, 1.82) is 0 Å². The van der Waals surface area contributed by atoms with E-state index < -0.39 is 0 Å². The van der Waals surface area contributed by atoms with Gasteiger partial charge in [0.05, 0.1) is 35.5 Å². The van der Waals surface area contributed by atoms with Gasteiger partial charge < -0.3 is 4.57 Å². The van der Waals surface area contributed by atoms with Crippen molar-refractivity contribution >= 4 is 11.3 Å². The summed E-state index contributed by atoms with van der Waals surface area (Å²) in [5.41, 5.74) is 2.47. The monoisotopic (exact) mass is 240 g/mol. The highest BCUT2D eigenvalue weighted by Gasteiger charge is 2.10. The molecular weight excluding hydrogens is 228 g/mol. The fourth-order valence-electron chi connectivity index (χ4n) is 1.94. The number of Topliss-reactive ketones (excluding diaryl/α,β-unsaturated/α-hetero) is 1. The minimum atomic E-state index is 0.111. The molecule has 0 aliphatic carbocycles.